The lowest BCUT2D eigenvalue weighted by molar-refractivity contribution is 0.384. The van der Waals surface area contributed by atoms with Gasteiger partial charge in [0.05, 0.1) is 39.5 Å². The number of aryl methyl sites for hydroxylation is 2. The Morgan fingerprint density at radius 1 is 1.10 bits per heavy atom. The van der Waals surface area contributed by atoms with Gasteiger partial charge in [-0.2, -0.15) is 9.40 Å². The SMILES string of the molecule is Cc1ccc(Cl)cc1S(=O)(=O)N1CCN(c2c(C)nn(C3CCS(=O)(=O)C3)c2C)CC1. The molecule has 8 nitrogen and oxygen atoms in total. The molecule has 1 aromatic carbocycles. The van der Waals surface area contributed by atoms with Crippen molar-refractivity contribution in [3.05, 3.63) is 40.2 Å². The summed E-state index contributed by atoms with van der Waals surface area (Å²) in [6.45, 7) is 7.43. The van der Waals surface area contributed by atoms with Crippen molar-refractivity contribution in [2.75, 3.05) is 42.6 Å². The molecule has 0 N–H and O–H groups in total. The molecule has 0 bridgehead atoms. The van der Waals surface area contributed by atoms with Crippen LogP contribution >= 0.6 is 11.6 Å². The van der Waals surface area contributed by atoms with E-state index in [1.54, 1.807) is 19.1 Å². The lowest BCUT2D eigenvalue weighted by Crippen LogP contribution is -2.49. The van der Waals surface area contributed by atoms with Crippen LogP contribution in [0.2, 0.25) is 5.02 Å². The highest BCUT2D eigenvalue weighted by atomic mass is 35.5. The van der Waals surface area contributed by atoms with Crippen LogP contribution in [0.1, 0.15) is 29.4 Å². The van der Waals surface area contributed by atoms with E-state index >= 15 is 0 Å². The summed E-state index contributed by atoms with van der Waals surface area (Å²) in [5.74, 6) is 0.324. The molecule has 4 rings (SSSR count). The van der Waals surface area contributed by atoms with Crippen LogP contribution in [0.4, 0.5) is 5.69 Å². The number of benzene rings is 1. The van der Waals surface area contributed by atoms with Gasteiger partial charge in [-0.05, 0) is 44.9 Å². The van der Waals surface area contributed by atoms with Crippen LogP contribution in [-0.2, 0) is 19.9 Å². The lowest BCUT2D eigenvalue weighted by Gasteiger charge is -2.35. The zero-order valence-electron chi connectivity index (χ0n) is 17.9. The second kappa shape index (κ2) is 8.06. The van der Waals surface area contributed by atoms with Crippen molar-refractivity contribution in [3.63, 3.8) is 0 Å². The Bertz CT molecular complexity index is 1220. The quantitative estimate of drug-likeness (QED) is 0.658. The molecular formula is C20H27ClN4O4S2. The van der Waals surface area contributed by atoms with Crippen molar-refractivity contribution in [1.82, 2.24) is 14.1 Å². The Kier molecular flexibility index (Phi) is 5.87. The highest BCUT2D eigenvalue weighted by molar-refractivity contribution is 7.91. The first-order chi connectivity index (χ1) is 14.5. The number of sulfonamides is 1. The number of halogens is 1. The fourth-order valence-corrected chi connectivity index (χ4v) is 8.18. The molecule has 0 saturated carbocycles. The molecule has 1 unspecified atom stereocenters. The van der Waals surface area contributed by atoms with Gasteiger partial charge in [0.1, 0.15) is 0 Å². The molecule has 1 aromatic heterocycles. The maximum Gasteiger partial charge on any atom is 0.243 e. The van der Waals surface area contributed by atoms with Crippen molar-refractivity contribution in [3.8, 4) is 0 Å². The van der Waals surface area contributed by atoms with Gasteiger partial charge in [0.15, 0.2) is 9.84 Å². The summed E-state index contributed by atoms with van der Waals surface area (Å²) in [5.41, 5.74) is 3.41. The molecule has 2 aliphatic rings. The molecule has 0 radical (unpaired) electrons. The van der Waals surface area contributed by atoms with Gasteiger partial charge in [-0.15, -0.1) is 0 Å². The standard InChI is InChI=1S/C20H27ClN4O4S2/c1-14-4-5-17(21)12-19(14)31(28,29)24-9-7-23(8-10-24)20-15(2)22-25(16(20)3)18-6-11-30(26,27)13-18/h4-5,12,18H,6-11,13H2,1-3H3. The van der Waals surface area contributed by atoms with Gasteiger partial charge in [-0.3, -0.25) is 4.68 Å². The average molecular weight is 487 g/mol. The molecule has 3 heterocycles. The third kappa shape index (κ3) is 4.22. The molecular weight excluding hydrogens is 460 g/mol. The van der Waals surface area contributed by atoms with E-state index in [4.69, 9.17) is 11.6 Å². The second-order valence-corrected chi connectivity index (χ2v) is 12.9. The minimum Gasteiger partial charge on any atom is -0.366 e. The Labute approximate surface area is 188 Å². The largest absolute Gasteiger partial charge is 0.366 e. The van der Waals surface area contributed by atoms with Crippen LogP contribution in [0.3, 0.4) is 0 Å². The summed E-state index contributed by atoms with van der Waals surface area (Å²) < 4.78 is 53.4. The minimum atomic E-state index is -3.63. The van der Waals surface area contributed by atoms with Crippen molar-refractivity contribution in [1.29, 1.82) is 0 Å². The third-order valence-corrected chi connectivity index (χ3v) is 10.2. The third-order valence-electron chi connectivity index (χ3n) is 6.16. The highest BCUT2D eigenvalue weighted by Gasteiger charge is 2.34. The summed E-state index contributed by atoms with van der Waals surface area (Å²) in [5, 5.41) is 5.03. The first-order valence-electron chi connectivity index (χ1n) is 10.3. The fourth-order valence-electron chi connectivity index (χ4n) is 4.58. The molecule has 170 valence electrons. The van der Waals surface area contributed by atoms with Crippen LogP contribution in [0.5, 0.6) is 0 Å². The summed E-state index contributed by atoms with van der Waals surface area (Å²) in [6.07, 6.45) is 0.578. The first-order valence-corrected chi connectivity index (χ1v) is 13.9. The smallest absolute Gasteiger partial charge is 0.243 e. The van der Waals surface area contributed by atoms with Crippen molar-refractivity contribution in [2.24, 2.45) is 0 Å². The maximum atomic E-state index is 13.2. The van der Waals surface area contributed by atoms with E-state index in [2.05, 4.69) is 10.00 Å². The predicted octanol–water partition coefficient (Wildman–Crippen LogP) is 2.33. The number of hydrogen-bond donors (Lipinski definition) is 0. The predicted molar refractivity (Wildman–Crippen MR) is 121 cm³/mol. The summed E-state index contributed by atoms with van der Waals surface area (Å²) in [7, 11) is -6.63. The van der Waals surface area contributed by atoms with Crippen molar-refractivity contribution in [2.45, 2.75) is 38.1 Å². The van der Waals surface area contributed by atoms with E-state index in [1.165, 1.54) is 10.4 Å². The Hall–Kier alpha value is -1.62. The lowest BCUT2D eigenvalue weighted by atomic mass is 10.2. The van der Waals surface area contributed by atoms with E-state index in [0.29, 0.717) is 43.2 Å². The molecule has 2 fully saturated rings. The number of rotatable bonds is 4. The summed E-state index contributed by atoms with van der Waals surface area (Å²) in [6, 6.07) is 4.78. The molecule has 0 spiro atoms. The number of anilines is 1. The molecule has 0 aliphatic carbocycles. The summed E-state index contributed by atoms with van der Waals surface area (Å²) in [4.78, 5) is 2.39. The zero-order valence-corrected chi connectivity index (χ0v) is 20.3. The molecule has 2 saturated heterocycles. The van der Waals surface area contributed by atoms with Gasteiger partial charge in [-0.25, -0.2) is 16.8 Å². The van der Waals surface area contributed by atoms with Gasteiger partial charge < -0.3 is 4.90 Å². The number of aromatic nitrogens is 2. The van der Waals surface area contributed by atoms with Crippen molar-refractivity contribution >= 4 is 37.1 Å². The molecule has 2 aliphatic heterocycles. The van der Waals surface area contributed by atoms with Crippen LogP contribution in [0.15, 0.2) is 23.1 Å². The second-order valence-electron chi connectivity index (χ2n) is 8.32. The fraction of sp³-hybridized carbons (Fsp3) is 0.550. The number of sulfone groups is 1. The Morgan fingerprint density at radius 2 is 1.77 bits per heavy atom. The van der Waals surface area contributed by atoms with Crippen LogP contribution in [0.25, 0.3) is 0 Å². The van der Waals surface area contributed by atoms with E-state index in [9.17, 15) is 16.8 Å². The average Bonchev–Trinajstić information content (AvgIpc) is 3.21. The number of hydrogen-bond acceptors (Lipinski definition) is 6. The van der Waals surface area contributed by atoms with E-state index in [1.807, 2.05) is 18.5 Å². The van der Waals surface area contributed by atoms with Gasteiger partial charge in [0.25, 0.3) is 0 Å². The first kappa shape index (κ1) is 22.6. The Morgan fingerprint density at radius 3 is 2.39 bits per heavy atom. The Balaban J connectivity index is 1.52. The normalized spacial score (nSPS) is 22.2. The monoisotopic (exact) mass is 486 g/mol. The minimum absolute atomic E-state index is 0.124. The van der Waals surface area contributed by atoms with Crippen molar-refractivity contribution < 1.29 is 16.8 Å². The van der Waals surface area contributed by atoms with E-state index in [0.717, 1.165) is 17.1 Å². The van der Waals surface area contributed by atoms with Crippen LogP contribution < -0.4 is 4.90 Å². The number of piperazine rings is 1. The van der Waals surface area contributed by atoms with Gasteiger partial charge in [0, 0.05) is 31.2 Å². The van der Waals surface area contributed by atoms with E-state index in [-0.39, 0.29) is 22.4 Å². The van der Waals surface area contributed by atoms with E-state index < -0.39 is 19.9 Å². The molecule has 0 amide bonds. The summed E-state index contributed by atoms with van der Waals surface area (Å²) >= 11 is 6.04. The van der Waals surface area contributed by atoms with Crippen LogP contribution in [0, 0.1) is 20.8 Å². The van der Waals surface area contributed by atoms with Gasteiger partial charge in [0.2, 0.25) is 10.0 Å². The zero-order chi connectivity index (χ0) is 22.6. The van der Waals surface area contributed by atoms with Gasteiger partial charge in [-0.1, -0.05) is 17.7 Å². The maximum absolute atomic E-state index is 13.2. The van der Waals surface area contributed by atoms with Gasteiger partial charge >= 0.3 is 0 Å². The molecule has 1 atom stereocenters. The molecule has 11 heteroatoms. The number of nitrogens with zero attached hydrogens (tertiary/aromatic N) is 4. The highest BCUT2D eigenvalue weighted by Crippen LogP contribution is 2.32. The molecule has 2 aromatic rings. The molecule has 31 heavy (non-hydrogen) atoms. The topological polar surface area (TPSA) is 92.6 Å². The van der Waals surface area contributed by atoms with Crippen LogP contribution in [-0.4, -0.2) is 68.6 Å².